The Hall–Kier alpha value is -1.32. The van der Waals surface area contributed by atoms with Gasteiger partial charge in [-0.1, -0.05) is 6.58 Å². The van der Waals surface area contributed by atoms with Crippen molar-refractivity contribution in [3.8, 4) is 0 Å². The lowest BCUT2D eigenvalue weighted by Gasteiger charge is -2.27. The number of carbonyl (C=O) groups excluding carboxylic acids is 2. The van der Waals surface area contributed by atoms with E-state index < -0.39 is 0 Å². The highest BCUT2D eigenvalue weighted by Crippen LogP contribution is 2.57. The first kappa shape index (κ1) is 11.8. The second-order valence-corrected chi connectivity index (χ2v) is 5.85. The Balaban J connectivity index is 1.62. The molecule has 1 saturated heterocycles. The maximum Gasteiger partial charge on any atom is 0.333 e. The van der Waals surface area contributed by atoms with Crippen molar-refractivity contribution in [2.45, 2.75) is 19.8 Å². The minimum atomic E-state index is -0.330. The monoisotopic (exact) mass is 250 g/mol. The van der Waals surface area contributed by atoms with Crippen molar-refractivity contribution in [2.24, 2.45) is 29.6 Å². The largest absolute Gasteiger partial charge is 0.465 e. The van der Waals surface area contributed by atoms with Gasteiger partial charge in [-0.05, 0) is 37.5 Å². The summed E-state index contributed by atoms with van der Waals surface area (Å²) in [6.45, 7) is 6.23. The molecule has 2 saturated carbocycles. The molecular formula is C14H18O4. The third-order valence-electron chi connectivity index (χ3n) is 4.78. The Morgan fingerprint density at radius 3 is 2.94 bits per heavy atom. The smallest absolute Gasteiger partial charge is 0.333 e. The first-order valence-electron chi connectivity index (χ1n) is 6.57. The molecule has 0 spiro atoms. The van der Waals surface area contributed by atoms with Gasteiger partial charge in [-0.15, -0.1) is 0 Å². The van der Waals surface area contributed by atoms with Crippen LogP contribution in [-0.4, -0.2) is 25.2 Å². The lowest BCUT2D eigenvalue weighted by Crippen LogP contribution is -2.32. The van der Waals surface area contributed by atoms with Gasteiger partial charge in [-0.25, -0.2) is 4.79 Å². The van der Waals surface area contributed by atoms with E-state index in [-0.39, 0.29) is 17.9 Å². The summed E-state index contributed by atoms with van der Waals surface area (Å²) in [5.41, 5.74) is 0.427. The van der Waals surface area contributed by atoms with E-state index >= 15 is 0 Å². The van der Waals surface area contributed by atoms with Crippen LogP contribution in [0.15, 0.2) is 12.2 Å². The molecule has 18 heavy (non-hydrogen) atoms. The maximum atomic E-state index is 11.7. The Kier molecular flexibility index (Phi) is 2.68. The summed E-state index contributed by atoms with van der Waals surface area (Å²) in [5.74, 6) is 1.39. The van der Waals surface area contributed by atoms with Crippen LogP contribution in [0.25, 0.3) is 0 Å². The number of cyclic esters (lactones) is 1. The van der Waals surface area contributed by atoms with E-state index in [1.807, 2.05) is 0 Å². The lowest BCUT2D eigenvalue weighted by atomic mass is 9.76. The van der Waals surface area contributed by atoms with Gasteiger partial charge in [-0.3, -0.25) is 4.79 Å². The predicted octanol–water partition coefficient (Wildman–Crippen LogP) is 1.55. The molecule has 0 amide bonds. The van der Waals surface area contributed by atoms with Crippen molar-refractivity contribution in [2.75, 3.05) is 13.2 Å². The summed E-state index contributed by atoms with van der Waals surface area (Å²) in [4.78, 5) is 23.1. The van der Waals surface area contributed by atoms with Crippen molar-refractivity contribution in [1.29, 1.82) is 0 Å². The van der Waals surface area contributed by atoms with E-state index in [2.05, 4.69) is 6.58 Å². The molecule has 0 aromatic heterocycles. The molecule has 2 aliphatic carbocycles. The summed E-state index contributed by atoms with van der Waals surface area (Å²) >= 11 is 0. The summed E-state index contributed by atoms with van der Waals surface area (Å²) in [6.07, 6.45) is 2.16. The summed E-state index contributed by atoms with van der Waals surface area (Å²) in [6, 6.07) is 0. The second kappa shape index (κ2) is 4.11. The van der Waals surface area contributed by atoms with Gasteiger partial charge in [0.05, 0.1) is 19.1 Å². The summed E-state index contributed by atoms with van der Waals surface area (Å²) in [7, 11) is 0. The van der Waals surface area contributed by atoms with Gasteiger partial charge >= 0.3 is 11.9 Å². The topological polar surface area (TPSA) is 52.6 Å². The van der Waals surface area contributed by atoms with E-state index in [1.165, 1.54) is 0 Å². The van der Waals surface area contributed by atoms with E-state index in [0.717, 1.165) is 12.8 Å². The number of hydrogen-bond acceptors (Lipinski definition) is 4. The zero-order valence-corrected chi connectivity index (χ0v) is 10.6. The molecule has 1 aliphatic heterocycles. The van der Waals surface area contributed by atoms with Gasteiger partial charge in [-0.2, -0.15) is 0 Å². The van der Waals surface area contributed by atoms with Crippen LogP contribution in [-0.2, 0) is 19.1 Å². The Morgan fingerprint density at radius 2 is 2.22 bits per heavy atom. The highest BCUT2D eigenvalue weighted by molar-refractivity contribution is 5.86. The Morgan fingerprint density at radius 1 is 1.44 bits per heavy atom. The van der Waals surface area contributed by atoms with E-state index in [0.29, 0.717) is 42.5 Å². The van der Waals surface area contributed by atoms with Crippen molar-refractivity contribution >= 4 is 11.9 Å². The van der Waals surface area contributed by atoms with E-state index in [4.69, 9.17) is 9.47 Å². The fourth-order valence-electron chi connectivity index (χ4n) is 3.96. The number of esters is 2. The quantitative estimate of drug-likeness (QED) is 0.563. The number of fused-ring (bicyclic) bond motifs is 5. The molecule has 5 unspecified atom stereocenters. The second-order valence-electron chi connectivity index (χ2n) is 5.85. The van der Waals surface area contributed by atoms with Crippen LogP contribution >= 0.6 is 0 Å². The molecule has 4 nitrogen and oxygen atoms in total. The zero-order valence-electron chi connectivity index (χ0n) is 10.6. The van der Waals surface area contributed by atoms with Crippen LogP contribution in [0.5, 0.6) is 0 Å². The third kappa shape index (κ3) is 1.66. The van der Waals surface area contributed by atoms with E-state index in [1.54, 1.807) is 6.92 Å². The normalized spacial score (nSPS) is 40.5. The van der Waals surface area contributed by atoms with Crippen LogP contribution in [0, 0.1) is 29.6 Å². The fraction of sp³-hybridized carbons (Fsp3) is 0.714. The zero-order chi connectivity index (χ0) is 12.9. The average Bonchev–Trinajstić information content (AvgIpc) is 2.98. The summed E-state index contributed by atoms with van der Waals surface area (Å²) < 4.78 is 10.4. The van der Waals surface area contributed by atoms with Gasteiger partial charge in [0.1, 0.15) is 0 Å². The van der Waals surface area contributed by atoms with Crippen molar-refractivity contribution in [1.82, 2.24) is 0 Å². The molecule has 0 radical (unpaired) electrons. The molecule has 1 heterocycles. The molecule has 98 valence electrons. The van der Waals surface area contributed by atoms with Crippen LogP contribution in [0.4, 0.5) is 0 Å². The molecule has 0 N–H and O–H groups in total. The Labute approximate surface area is 106 Å². The minimum Gasteiger partial charge on any atom is -0.465 e. The average molecular weight is 250 g/mol. The molecule has 2 bridgehead atoms. The number of carbonyl (C=O) groups is 2. The molecule has 3 aliphatic rings. The van der Waals surface area contributed by atoms with Crippen LogP contribution in [0.2, 0.25) is 0 Å². The molecule has 4 heteroatoms. The standard InChI is InChI=1S/C14H18O4/c1-7(2)13(15)17-5-9-3-8-4-10(9)12-11(8)6-18-14(12)16/h8-12H,1,3-6H2,2H3. The van der Waals surface area contributed by atoms with Crippen molar-refractivity contribution < 1.29 is 19.1 Å². The fourth-order valence-corrected chi connectivity index (χ4v) is 3.96. The highest BCUT2D eigenvalue weighted by Gasteiger charge is 2.59. The van der Waals surface area contributed by atoms with Gasteiger partial charge in [0, 0.05) is 11.5 Å². The van der Waals surface area contributed by atoms with Gasteiger partial charge < -0.3 is 9.47 Å². The first-order chi connectivity index (χ1) is 8.58. The van der Waals surface area contributed by atoms with Crippen LogP contribution < -0.4 is 0 Å². The summed E-state index contributed by atoms with van der Waals surface area (Å²) in [5, 5.41) is 0. The number of rotatable bonds is 3. The Bertz CT molecular complexity index is 414. The predicted molar refractivity (Wildman–Crippen MR) is 63.4 cm³/mol. The van der Waals surface area contributed by atoms with Crippen LogP contribution in [0.1, 0.15) is 19.8 Å². The molecule has 5 atom stereocenters. The SMILES string of the molecule is C=C(C)C(=O)OCC1CC2CC1C1C(=O)OCC21. The molecule has 3 rings (SSSR count). The number of ether oxygens (including phenoxy) is 2. The molecule has 3 fully saturated rings. The van der Waals surface area contributed by atoms with Crippen LogP contribution in [0.3, 0.4) is 0 Å². The van der Waals surface area contributed by atoms with Crippen molar-refractivity contribution in [3.05, 3.63) is 12.2 Å². The highest BCUT2D eigenvalue weighted by atomic mass is 16.5. The maximum absolute atomic E-state index is 11.7. The molecule has 0 aromatic rings. The molecule has 0 aromatic carbocycles. The van der Waals surface area contributed by atoms with Gasteiger partial charge in [0.25, 0.3) is 0 Å². The first-order valence-corrected chi connectivity index (χ1v) is 6.57. The minimum absolute atomic E-state index is 0.0385. The third-order valence-corrected chi connectivity index (χ3v) is 4.78. The van der Waals surface area contributed by atoms with Gasteiger partial charge in [0.15, 0.2) is 0 Å². The van der Waals surface area contributed by atoms with Crippen molar-refractivity contribution in [3.63, 3.8) is 0 Å². The van der Waals surface area contributed by atoms with E-state index in [9.17, 15) is 9.59 Å². The molecular weight excluding hydrogens is 232 g/mol. The lowest BCUT2D eigenvalue weighted by molar-refractivity contribution is -0.144. The van der Waals surface area contributed by atoms with Gasteiger partial charge in [0.2, 0.25) is 0 Å². The number of hydrogen-bond donors (Lipinski definition) is 0.